The van der Waals surface area contributed by atoms with E-state index in [2.05, 4.69) is 10.4 Å². The molecule has 0 aliphatic rings. The Morgan fingerprint density at radius 3 is 2.41 bits per heavy atom. The molecule has 0 aliphatic carbocycles. The minimum absolute atomic E-state index is 0.0770. The van der Waals surface area contributed by atoms with Crippen molar-refractivity contribution in [3.8, 4) is 0 Å². The van der Waals surface area contributed by atoms with Crippen LogP contribution >= 0.6 is 0 Å². The molecule has 0 fully saturated rings. The fourth-order valence-corrected chi connectivity index (χ4v) is 3.72. The number of nitrogens with one attached hydrogen (secondary N) is 1. The van der Waals surface area contributed by atoms with Crippen LogP contribution in [0.2, 0.25) is 0 Å². The van der Waals surface area contributed by atoms with Crippen molar-refractivity contribution in [2.45, 2.75) is 44.0 Å². The van der Waals surface area contributed by atoms with Crippen LogP contribution < -0.4 is 5.32 Å². The zero-order chi connectivity index (χ0) is 20.2. The monoisotopic (exact) mass is 393 g/mol. The number of unbranched alkanes of at least 4 members (excludes halogenated alkanes) is 1. The molecular weight excluding hydrogens is 370 g/mol. The van der Waals surface area contributed by atoms with E-state index in [9.17, 15) is 23.1 Å². The van der Waals surface area contributed by atoms with Crippen LogP contribution in [-0.4, -0.2) is 40.9 Å². The summed E-state index contributed by atoms with van der Waals surface area (Å²) >= 11 is 0. The summed E-state index contributed by atoms with van der Waals surface area (Å²) in [5, 5.41) is 15.8. The Bertz CT molecular complexity index is 930. The molecule has 9 heteroatoms. The van der Waals surface area contributed by atoms with Crippen molar-refractivity contribution >= 4 is 27.4 Å². The molecule has 1 aromatic carbocycles. The fraction of sp³-hybridized carbons (Fsp3) is 0.389. The van der Waals surface area contributed by atoms with Crippen molar-refractivity contribution in [1.82, 2.24) is 9.78 Å². The van der Waals surface area contributed by atoms with Gasteiger partial charge in [0.1, 0.15) is 0 Å². The van der Waals surface area contributed by atoms with Gasteiger partial charge in [0.15, 0.2) is 15.4 Å². The van der Waals surface area contributed by atoms with Gasteiger partial charge in [-0.1, -0.05) is 13.3 Å². The molecule has 2 N–H and O–H groups in total. The molecule has 0 spiro atoms. The number of benzene rings is 1. The highest BCUT2D eigenvalue weighted by Gasteiger charge is 2.30. The van der Waals surface area contributed by atoms with Gasteiger partial charge in [-0.3, -0.25) is 9.48 Å². The van der Waals surface area contributed by atoms with Crippen LogP contribution in [0.1, 0.15) is 44.0 Å². The highest BCUT2D eigenvalue weighted by atomic mass is 32.2. The van der Waals surface area contributed by atoms with Gasteiger partial charge < -0.3 is 10.4 Å². The van der Waals surface area contributed by atoms with Crippen molar-refractivity contribution in [3.05, 3.63) is 42.2 Å². The summed E-state index contributed by atoms with van der Waals surface area (Å²) < 4.78 is 25.6. The lowest BCUT2D eigenvalue weighted by Crippen LogP contribution is -2.35. The summed E-state index contributed by atoms with van der Waals surface area (Å²) in [4.78, 5) is 23.8. The highest BCUT2D eigenvalue weighted by molar-refractivity contribution is 7.91. The van der Waals surface area contributed by atoms with Crippen LogP contribution in [0.15, 0.2) is 41.6 Å². The van der Waals surface area contributed by atoms with Gasteiger partial charge in [-0.05, 0) is 44.5 Å². The number of rotatable bonds is 8. The Balaban J connectivity index is 2.11. The standard InChI is InChI=1S/C18H23N3O5S/c1-4-5-10-27(25,26)15-8-6-13(7-9-15)16(22)20-14-11-19-21(12-14)18(2,3)17(23)24/h6-9,11-12H,4-5,10H2,1-3H3,(H,20,22)(H,23,24). The maximum atomic E-state index is 12.3. The van der Waals surface area contributed by atoms with Crippen molar-refractivity contribution in [2.24, 2.45) is 0 Å². The van der Waals surface area contributed by atoms with E-state index in [0.717, 1.165) is 6.42 Å². The van der Waals surface area contributed by atoms with Crippen LogP contribution in [-0.2, 0) is 20.2 Å². The first-order valence-electron chi connectivity index (χ1n) is 8.50. The van der Waals surface area contributed by atoms with E-state index < -0.39 is 27.3 Å². The number of carbonyl (C=O) groups excluding carboxylic acids is 1. The molecule has 146 valence electrons. The summed E-state index contributed by atoms with van der Waals surface area (Å²) in [6.45, 7) is 4.90. The number of aliphatic carboxylic acids is 1. The van der Waals surface area contributed by atoms with Gasteiger partial charge in [-0.2, -0.15) is 5.10 Å². The molecule has 1 amide bonds. The van der Waals surface area contributed by atoms with Gasteiger partial charge in [-0.25, -0.2) is 13.2 Å². The summed E-state index contributed by atoms with van der Waals surface area (Å²) in [7, 11) is -3.35. The minimum atomic E-state index is -3.35. The third-order valence-electron chi connectivity index (χ3n) is 4.18. The Hall–Kier alpha value is -2.68. The van der Waals surface area contributed by atoms with Crippen molar-refractivity contribution in [1.29, 1.82) is 0 Å². The number of anilines is 1. The summed E-state index contributed by atoms with van der Waals surface area (Å²) in [6.07, 6.45) is 4.15. The average Bonchev–Trinajstić information content (AvgIpc) is 3.09. The Labute approximate surface area is 158 Å². The zero-order valence-corrected chi connectivity index (χ0v) is 16.3. The van der Waals surface area contributed by atoms with E-state index in [1.54, 1.807) is 0 Å². The van der Waals surface area contributed by atoms with E-state index in [4.69, 9.17) is 0 Å². The number of sulfone groups is 1. The molecule has 8 nitrogen and oxygen atoms in total. The third kappa shape index (κ3) is 4.73. The molecule has 0 saturated heterocycles. The fourth-order valence-electron chi connectivity index (χ4n) is 2.26. The summed E-state index contributed by atoms with van der Waals surface area (Å²) in [5.41, 5.74) is -0.624. The Kier molecular flexibility index (Phi) is 6.04. The first-order valence-corrected chi connectivity index (χ1v) is 10.2. The number of carboxylic acid groups (broad SMARTS) is 1. The average molecular weight is 393 g/mol. The lowest BCUT2D eigenvalue weighted by atomic mass is 10.1. The number of amides is 1. The maximum absolute atomic E-state index is 12.3. The second-order valence-corrected chi connectivity index (χ2v) is 8.80. The molecule has 0 atom stereocenters. The summed E-state index contributed by atoms with van der Waals surface area (Å²) in [5.74, 6) is -1.42. The molecule has 27 heavy (non-hydrogen) atoms. The van der Waals surface area contributed by atoms with E-state index in [1.807, 2.05) is 6.92 Å². The smallest absolute Gasteiger partial charge is 0.331 e. The van der Waals surface area contributed by atoms with Gasteiger partial charge in [0.2, 0.25) is 0 Å². The van der Waals surface area contributed by atoms with Crippen LogP contribution in [0.25, 0.3) is 0 Å². The second kappa shape index (κ2) is 7.91. The quantitative estimate of drug-likeness (QED) is 0.711. The lowest BCUT2D eigenvalue weighted by Gasteiger charge is -2.19. The molecule has 1 aromatic heterocycles. The van der Waals surface area contributed by atoms with Crippen molar-refractivity contribution < 1.29 is 23.1 Å². The molecule has 0 aliphatic heterocycles. The van der Waals surface area contributed by atoms with Gasteiger partial charge in [-0.15, -0.1) is 0 Å². The molecule has 0 radical (unpaired) electrons. The minimum Gasteiger partial charge on any atom is -0.479 e. The van der Waals surface area contributed by atoms with Crippen LogP contribution in [0.4, 0.5) is 5.69 Å². The molecule has 0 bridgehead atoms. The SMILES string of the molecule is CCCCS(=O)(=O)c1ccc(C(=O)Nc2cnn(C(C)(C)C(=O)O)c2)cc1. The zero-order valence-electron chi connectivity index (χ0n) is 15.5. The number of hydrogen-bond acceptors (Lipinski definition) is 5. The van der Waals surface area contributed by atoms with Gasteiger partial charge in [0.25, 0.3) is 5.91 Å². The van der Waals surface area contributed by atoms with Crippen molar-refractivity contribution in [2.75, 3.05) is 11.1 Å². The molecule has 1 heterocycles. The van der Waals surface area contributed by atoms with Gasteiger partial charge in [0, 0.05) is 11.8 Å². The number of hydrogen-bond donors (Lipinski definition) is 2. The van der Waals surface area contributed by atoms with E-state index >= 15 is 0 Å². The molecule has 2 aromatic rings. The number of nitrogens with zero attached hydrogens (tertiary/aromatic N) is 2. The third-order valence-corrected chi connectivity index (χ3v) is 6.00. The maximum Gasteiger partial charge on any atom is 0.331 e. The Morgan fingerprint density at radius 1 is 1.22 bits per heavy atom. The molecular formula is C18H23N3O5S. The predicted octanol–water partition coefficient (Wildman–Crippen LogP) is 2.53. The normalized spacial score (nSPS) is 12.0. The number of aromatic nitrogens is 2. The lowest BCUT2D eigenvalue weighted by molar-refractivity contribution is -0.146. The highest BCUT2D eigenvalue weighted by Crippen LogP contribution is 2.19. The van der Waals surface area contributed by atoms with Crippen LogP contribution in [0.3, 0.4) is 0 Å². The molecule has 0 unspecified atom stereocenters. The first-order chi connectivity index (χ1) is 12.6. The topological polar surface area (TPSA) is 118 Å². The van der Waals surface area contributed by atoms with E-state index in [1.165, 1.54) is 55.2 Å². The number of carboxylic acids is 1. The first kappa shape index (κ1) is 20.6. The molecule has 0 saturated carbocycles. The van der Waals surface area contributed by atoms with E-state index in [-0.39, 0.29) is 16.2 Å². The Morgan fingerprint density at radius 2 is 1.85 bits per heavy atom. The predicted molar refractivity (Wildman–Crippen MR) is 101 cm³/mol. The summed E-state index contributed by atoms with van der Waals surface area (Å²) in [6, 6.07) is 5.72. The van der Waals surface area contributed by atoms with Crippen LogP contribution in [0.5, 0.6) is 0 Å². The van der Waals surface area contributed by atoms with Gasteiger partial charge in [0.05, 0.1) is 22.5 Å². The second-order valence-electron chi connectivity index (χ2n) is 6.69. The largest absolute Gasteiger partial charge is 0.479 e. The molecule has 2 rings (SSSR count). The number of carbonyl (C=O) groups is 2. The van der Waals surface area contributed by atoms with Gasteiger partial charge >= 0.3 is 5.97 Å². The van der Waals surface area contributed by atoms with Crippen molar-refractivity contribution in [3.63, 3.8) is 0 Å². The van der Waals surface area contributed by atoms with Crippen LogP contribution in [0, 0.1) is 0 Å². The van der Waals surface area contributed by atoms with E-state index in [0.29, 0.717) is 12.1 Å².